The third-order valence-electron chi connectivity index (χ3n) is 3.14. The molecule has 0 bridgehead atoms. The van der Waals surface area contributed by atoms with Gasteiger partial charge in [-0.25, -0.2) is 0 Å². The zero-order valence-electron chi connectivity index (χ0n) is 11.8. The molecule has 0 unspecified atom stereocenters. The van der Waals surface area contributed by atoms with Crippen LogP contribution in [0, 0.1) is 5.41 Å². The number of ether oxygens (including phenoxy) is 1. The first-order valence-electron chi connectivity index (χ1n) is 6.73. The number of rotatable bonds is 3. The standard InChI is InChI=1S/C15H22N2O2/c1-15(2,3)14(18)19-9-8-11-10-16-12-6-4-5-7-13(12)17-11/h4-7,11,16-17H,8-10H2,1-3H3/t11-/m0/s1. The van der Waals surface area contributed by atoms with Crippen molar-refractivity contribution in [3.63, 3.8) is 0 Å². The second-order valence-electron chi connectivity index (χ2n) is 5.94. The van der Waals surface area contributed by atoms with E-state index in [0.717, 1.165) is 24.3 Å². The summed E-state index contributed by atoms with van der Waals surface area (Å²) in [6.45, 7) is 6.91. The maximum absolute atomic E-state index is 11.6. The first-order chi connectivity index (χ1) is 8.97. The monoisotopic (exact) mass is 262 g/mol. The summed E-state index contributed by atoms with van der Waals surface area (Å²) < 4.78 is 5.29. The van der Waals surface area contributed by atoms with Gasteiger partial charge in [-0.2, -0.15) is 0 Å². The van der Waals surface area contributed by atoms with Gasteiger partial charge in [0.05, 0.1) is 23.4 Å². The first kappa shape index (κ1) is 13.7. The number of anilines is 2. The van der Waals surface area contributed by atoms with Gasteiger partial charge < -0.3 is 15.4 Å². The zero-order valence-corrected chi connectivity index (χ0v) is 11.8. The fourth-order valence-corrected chi connectivity index (χ4v) is 1.95. The minimum absolute atomic E-state index is 0.142. The van der Waals surface area contributed by atoms with Gasteiger partial charge >= 0.3 is 5.97 Å². The molecule has 104 valence electrons. The van der Waals surface area contributed by atoms with Gasteiger partial charge in [0, 0.05) is 19.0 Å². The van der Waals surface area contributed by atoms with E-state index < -0.39 is 5.41 Å². The summed E-state index contributed by atoms with van der Waals surface area (Å²) in [6, 6.07) is 8.42. The fourth-order valence-electron chi connectivity index (χ4n) is 1.95. The highest BCUT2D eigenvalue weighted by Gasteiger charge is 2.23. The van der Waals surface area contributed by atoms with Crippen molar-refractivity contribution in [2.24, 2.45) is 5.41 Å². The van der Waals surface area contributed by atoms with Gasteiger partial charge in [-0.05, 0) is 32.9 Å². The lowest BCUT2D eigenvalue weighted by molar-refractivity contribution is -0.153. The van der Waals surface area contributed by atoms with E-state index in [2.05, 4.69) is 22.8 Å². The Labute approximate surface area is 114 Å². The van der Waals surface area contributed by atoms with Crippen LogP contribution < -0.4 is 10.6 Å². The summed E-state index contributed by atoms with van der Waals surface area (Å²) in [7, 11) is 0. The van der Waals surface area contributed by atoms with Crippen LogP contribution in [-0.2, 0) is 9.53 Å². The number of fused-ring (bicyclic) bond motifs is 1. The highest BCUT2D eigenvalue weighted by Crippen LogP contribution is 2.26. The molecule has 0 amide bonds. The number of hydrogen-bond acceptors (Lipinski definition) is 4. The molecule has 1 aromatic rings. The van der Waals surface area contributed by atoms with Crippen molar-refractivity contribution >= 4 is 17.3 Å². The molecular formula is C15H22N2O2. The Morgan fingerprint density at radius 2 is 2.00 bits per heavy atom. The molecule has 1 atom stereocenters. The first-order valence-corrected chi connectivity index (χ1v) is 6.73. The third-order valence-corrected chi connectivity index (χ3v) is 3.14. The molecule has 0 spiro atoms. The fraction of sp³-hybridized carbons (Fsp3) is 0.533. The van der Waals surface area contributed by atoms with E-state index >= 15 is 0 Å². The number of esters is 1. The van der Waals surface area contributed by atoms with E-state index in [0.29, 0.717) is 12.6 Å². The summed E-state index contributed by atoms with van der Waals surface area (Å²) in [5.74, 6) is -0.142. The molecule has 2 N–H and O–H groups in total. The number of hydrogen-bond donors (Lipinski definition) is 2. The molecule has 0 aliphatic carbocycles. The van der Waals surface area contributed by atoms with Crippen LogP contribution >= 0.6 is 0 Å². The van der Waals surface area contributed by atoms with Crippen LogP contribution in [-0.4, -0.2) is 25.2 Å². The Morgan fingerprint density at radius 3 is 2.68 bits per heavy atom. The number of carbonyl (C=O) groups excluding carboxylic acids is 1. The van der Waals surface area contributed by atoms with E-state index in [1.807, 2.05) is 32.9 Å². The van der Waals surface area contributed by atoms with Crippen LogP contribution in [0.25, 0.3) is 0 Å². The van der Waals surface area contributed by atoms with E-state index in [4.69, 9.17) is 4.74 Å². The SMILES string of the molecule is CC(C)(C)C(=O)OCC[C@H]1CNc2ccccc2N1. The van der Waals surface area contributed by atoms with Crippen LogP contribution in [0.15, 0.2) is 24.3 Å². The normalized spacial score (nSPS) is 17.9. The summed E-state index contributed by atoms with van der Waals surface area (Å²) in [5, 5.41) is 6.83. The van der Waals surface area contributed by atoms with Crippen LogP contribution in [0.2, 0.25) is 0 Å². The van der Waals surface area contributed by atoms with Crippen molar-refractivity contribution in [1.29, 1.82) is 0 Å². The van der Waals surface area contributed by atoms with Crippen molar-refractivity contribution in [2.45, 2.75) is 33.2 Å². The van der Waals surface area contributed by atoms with Crippen LogP contribution in [0.3, 0.4) is 0 Å². The lowest BCUT2D eigenvalue weighted by atomic mass is 9.97. The topological polar surface area (TPSA) is 50.4 Å². The van der Waals surface area contributed by atoms with Gasteiger partial charge in [-0.15, -0.1) is 0 Å². The van der Waals surface area contributed by atoms with Crippen LogP contribution in [0.1, 0.15) is 27.2 Å². The van der Waals surface area contributed by atoms with Gasteiger partial charge in [0.2, 0.25) is 0 Å². The zero-order chi connectivity index (χ0) is 13.9. The van der Waals surface area contributed by atoms with E-state index in [1.54, 1.807) is 0 Å². The van der Waals surface area contributed by atoms with E-state index in [9.17, 15) is 4.79 Å². The highest BCUT2D eigenvalue weighted by atomic mass is 16.5. The summed E-state index contributed by atoms with van der Waals surface area (Å²) in [4.78, 5) is 11.6. The van der Waals surface area contributed by atoms with Crippen LogP contribution in [0.4, 0.5) is 11.4 Å². The summed E-state index contributed by atoms with van der Waals surface area (Å²) in [5.41, 5.74) is 1.82. The number of carbonyl (C=O) groups is 1. The van der Waals surface area contributed by atoms with Crippen molar-refractivity contribution < 1.29 is 9.53 Å². The number of para-hydroxylation sites is 2. The molecule has 1 heterocycles. The predicted octanol–water partition coefficient (Wildman–Crippen LogP) is 2.87. The van der Waals surface area contributed by atoms with E-state index in [1.165, 1.54) is 0 Å². The Balaban J connectivity index is 1.79. The molecule has 0 saturated carbocycles. The minimum atomic E-state index is -0.426. The maximum atomic E-state index is 11.6. The Hall–Kier alpha value is -1.71. The van der Waals surface area contributed by atoms with Crippen LogP contribution in [0.5, 0.6) is 0 Å². The molecule has 0 aromatic heterocycles. The van der Waals surface area contributed by atoms with Crippen molar-refractivity contribution in [3.8, 4) is 0 Å². The average molecular weight is 262 g/mol. The molecule has 0 fully saturated rings. The Morgan fingerprint density at radius 1 is 1.32 bits per heavy atom. The molecule has 2 rings (SSSR count). The molecule has 0 radical (unpaired) electrons. The quantitative estimate of drug-likeness (QED) is 0.822. The number of nitrogens with one attached hydrogen (secondary N) is 2. The van der Waals surface area contributed by atoms with Crippen molar-refractivity contribution in [3.05, 3.63) is 24.3 Å². The largest absolute Gasteiger partial charge is 0.465 e. The second-order valence-corrected chi connectivity index (χ2v) is 5.94. The molecule has 1 aromatic carbocycles. The van der Waals surface area contributed by atoms with E-state index in [-0.39, 0.29) is 5.97 Å². The lowest BCUT2D eigenvalue weighted by Gasteiger charge is -2.28. The molecule has 19 heavy (non-hydrogen) atoms. The van der Waals surface area contributed by atoms with Gasteiger partial charge in [0.15, 0.2) is 0 Å². The molecule has 1 aliphatic heterocycles. The maximum Gasteiger partial charge on any atom is 0.311 e. The molecular weight excluding hydrogens is 240 g/mol. The van der Waals surface area contributed by atoms with Crippen molar-refractivity contribution in [2.75, 3.05) is 23.8 Å². The highest BCUT2D eigenvalue weighted by molar-refractivity contribution is 5.75. The Kier molecular flexibility index (Phi) is 3.98. The molecule has 4 nitrogen and oxygen atoms in total. The minimum Gasteiger partial charge on any atom is -0.465 e. The predicted molar refractivity (Wildman–Crippen MR) is 77.4 cm³/mol. The number of benzene rings is 1. The van der Waals surface area contributed by atoms with Gasteiger partial charge in [0.1, 0.15) is 0 Å². The average Bonchev–Trinajstić information content (AvgIpc) is 2.37. The third kappa shape index (κ3) is 3.63. The summed E-state index contributed by atoms with van der Waals surface area (Å²) in [6.07, 6.45) is 0.809. The van der Waals surface area contributed by atoms with Crippen molar-refractivity contribution in [1.82, 2.24) is 0 Å². The molecule has 0 saturated heterocycles. The van der Waals surface area contributed by atoms with Gasteiger partial charge in [0.25, 0.3) is 0 Å². The summed E-state index contributed by atoms with van der Waals surface area (Å²) >= 11 is 0. The molecule has 4 heteroatoms. The second kappa shape index (κ2) is 5.51. The molecule has 1 aliphatic rings. The van der Waals surface area contributed by atoms with Gasteiger partial charge in [-0.3, -0.25) is 4.79 Å². The Bertz CT molecular complexity index is 452. The van der Waals surface area contributed by atoms with Gasteiger partial charge in [-0.1, -0.05) is 12.1 Å². The smallest absolute Gasteiger partial charge is 0.311 e. The lowest BCUT2D eigenvalue weighted by Crippen LogP contribution is -2.34.